The summed E-state index contributed by atoms with van der Waals surface area (Å²) in [5, 5.41) is 0. The molecule has 1 N–H and O–H groups in total. The van der Waals surface area contributed by atoms with Crippen molar-refractivity contribution in [2.24, 2.45) is 0 Å². The van der Waals surface area contributed by atoms with Crippen molar-refractivity contribution in [1.29, 1.82) is 0 Å². The fraction of sp³-hybridized carbons (Fsp3) is 0. The standard InChI is InChI=1S/C14H9N3O/c1-2-4-11-10(3-1)16-14(17-11)9-5-6-13-12(7-9)15-8-18-13/h1-8H,(H,16,17). The number of H-pyrrole nitrogens is 1. The third-order valence-corrected chi connectivity index (χ3v) is 2.99. The van der Waals surface area contributed by atoms with E-state index in [-0.39, 0.29) is 0 Å². The number of benzene rings is 2. The summed E-state index contributed by atoms with van der Waals surface area (Å²) in [7, 11) is 0. The van der Waals surface area contributed by atoms with Crippen molar-refractivity contribution in [2.45, 2.75) is 0 Å². The van der Waals surface area contributed by atoms with E-state index in [1.54, 1.807) is 0 Å². The first-order valence-corrected chi connectivity index (χ1v) is 5.68. The predicted molar refractivity (Wildman–Crippen MR) is 69.1 cm³/mol. The third-order valence-electron chi connectivity index (χ3n) is 2.99. The molecule has 0 bridgehead atoms. The van der Waals surface area contributed by atoms with Gasteiger partial charge >= 0.3 is 0 Å². The quantitative estimate of drug-likeness (QED) is 0.550. The zero-order valence-corrected chi connectivity index (χ0v) is 9.42. The molecule has 4 aromatic rings. The molecule has 4 nitrogen and oxygen atoms in total. The Hall–Kier alpha value is -2.62. The van der Waals surface area contributed by atoms with Gasteiger partial charge in [0.25, 0.3) is 0 Å². The molecule has 0 spiro atoms. The highest BCUT2D eigenvalue weighted by Crippen LogP contribution is 2.23. The molecule has 86 valence electrons. The second-order valence-corrected chi connectivity index (χ2v) is 4.14. The Balaban J connectivity index is 1.94. The van der Waals surface area contributed by atoms with Crippen molar-refractivity contribution in [1.82, 2.24) is 15.0 Å². The van der Waals surface area contributed by atoms with Crippen LogP contribution in [-0.4, -0.2) is 15.0 Å². The second kappa shape index (κ2) is 3.43. The molecule has 0 radical (unpaired) electrons. The highest BCUT2D eigenvalue weighted by atomic mass is 16.3. The van der Waals surface area contributed by atoms with Crippen LogP contribution >= 0.6 is 0 Å². The molecule has 18 heavy (non-hydrogen) atoms. The van der Waals surface area contributed by atoms with Crippen LogP contribution in [0.5, 0.6) is 0 Å². The molecular weight excluding hydrogens is 226 g/mol. The molecule has 0 amide bonds. The number of aromatic amines is 1. The fourth-order valence-corrected chi connectivity index (χ4v) is 2.09. The van der Waals surface area contributed by atoms with Crippen LogP contribution in [0.3, 0.4) is 0 Å². The van der Waals surface area contributed by atoms with Crippen LogP contribution in [0.1, 0.15) is 0 Å². The van der Waals surface area contributed by atoms with Crippen LogP contribution in [0, 0.1) is 0 Å². The van der Waals surface area contributed by atoms with Crippen molar-refractivity contribution in [2.75, 3.05) is 0 Å². The van der Waals surface area contributed by atoms with Crippen molar-refractivity contribution in [3.63, 3.8) is 0 Å². The van der Waals surface area contributed by atoms with Crippen molar-refractivity contribution in [3.8, 4) is 11.4 Å². The molecule has 0 unspecified atom stereocenters. The maximum atomic E-state index is 5.23. The summed E-state index contributed by atoms with van der Waals surface area (Å²) in [5.74, 6) is 0.848. The van der Waals surface area contributed by atoms with E-state index in [2.05, 4.69) is 15.0 Å². The van der Waals surface area contributed by atoms with Gasteiger partial charge in [0.1, 0.15) is 11.3 Å². The summed E-state index contributed by atoms with van der Waals surface area (Å²) in [6, 6.07) is 13.8. The van der Waals surface area contributed by atoms with Crippen LogP contribution in [-0.2, 0) is 0 Å². The minimum atomic E-state index is 0.787. The predicted octanol–water partition coefficient (Wildman–Crippen LogP) is 3.37. The summed E-state index contributed by atoms with van der Waals surface area (Å²) in [6.07, 6.45) is 1.45. The minimum absolute atomic E-state index is 0.787. The average Bonchev–Trinajstić information content (AvgIpc) is 3.04. The molecule has 0 saturated heterocycles. The third kappa shape index (κ3) is 1.32. The summed E-state index contributed by atoms with van der Waals surface area (Å²) in [4.78, 5) is 12.0. The molecule has 4 heteroatoms. The average molecular weight is 235 g/mol. The van der Waals surface area contributed by atoms with E-state index in [1.807, 2.05) is 42.5 Å². The Labute approximate surface area is 102 Å². The second-order valence-electron chi connectivity index (χ2n) is 4.14. The van der Waals surface area contributed by atoms with Gasteiger partial charge in [0.05, 0.1) is 11.0 Å². The lowest BCUT2D eigenvalue weighted by Gasteiger charge is -1.95. The highest BCUT2D eigenvalue weighted by Gasteiger charge is 2.06. The largest absolute Gasteiger partial charge is 0.443 e. The molecule has 2 aromatic heterocycles. The molecule has 0 saturated carbocycles. The lowest BCUT2D eigenvalue weighted by Crippen LogP contribution is -1.80. The number of oxazole rings is 1. The Morgan fingerprint density at radius 2 is 1.94 bits per heavy atom. The first kappa shape index (κ1) is 9.41. The maximum Gasteiger partial charge on any atom is 0.181 e. The van der Waals surface area contributed by atoms with E-state index in [1.165, 1.54) is 6.39 Å². The zero-order valence-electron chi connectivity index (χ0n) is 9.42. The van der Waals surface area contributed by atoms with Crippen molar-refractivity contribution >= 4 is 22.1 Å². The summed E-state index contributed by atoms with van der Waals surface area (Å²) >= 11 is 0. The van der Waals surface area contributed by atoms with E-state index in [4.69, 9.17) is 4.42 Å². The molecule has 0 atom stereocenters. The molecule has 4 rings (SSSR count). The van der Waals surface area contributed by atoms with Gasteiger partial charge < -0.3 is 9.40 Å². The number of nitrogens with one attached hydrogen (secondary N) is 1. The first-order chi connectivity index (χ1) is 8.90. The van der Waals surface area contributed by atoms with Crippen LogP contribution < -0.4 is 0 Å². The lowest BCUT2D eigenvalue weighted by molar-refractivity contribution is 0.602. The maximum absolute atomic E-state index is 5.23. The SMILES string of the molecule is c1ccc2[nH]c(-c3ccc4ocnc4c3)nc2c1. The van der Waals surface area contributed by atoms with Gasteiger partial charge in [0.15, 0.2) is 12.0 Å². The van der Waals surface area contributed by atoms with Gasteiger partial charge in [0.2, 0.25) is 0 Å². The number of hydrogen-bond acceptors (Lipinski definition) is 3. The lowest BCUT2D eigenvalue weighted by atomic mass is 10.2. The minimum Gasteiger partial charge on any atom is -0.443 e. The molecule has 0 aliphatic carbocycles. The van der Waals surface area contributed by atoms with Gasteiger partial charge in [-0.3, -0.25) is 0 Å². The van der Waals surface area contributed by atoms with E-state index >= 15 is 0 Å². The molecule has 2 heterocycles. The van der Waals surface area contributed by atoms with Crippen LogP contribution in [0.25, 0.3) is 33.5 Å². The van der Waals surface area contributed by atoms with E-state index in [0.29, 0.717) is 0 Å². The van der Waals surface area contributed by atoms with E-state index < -0.39 is 0 Å². The van der Waals surface area contributed by atoms with Crippen LogP contribution in [0.4, 0.5) is 0 Å². The number of imidazole rings is 1. The van der Waals surface area contributed by atoms with E-state index in [9.17, 15) is 0 Å². The summed E-state index contributed by atoms with van der Waals surface area (Å²) in [6.45, 7) is 0. The Morgan fingerprint density at radius 1 is 1.00 bits per heavy atom. The number of nitrogens with zero attached hydrogens (tertiary/aromatic N) is 2. The van der Waals surface area contributed by atoms with Gasteiger partial charge in [-0.15, -0.1) is 0 Å². The monoisotopic (exact) mass is 235 g/mol. The zero-order chi connectivity index (χ0) is 11.9. The summed E-state index contributed by atoms with van der Waals surface area (Å²) in [5.41, 5.74) is 4.64. The fourth-order valence-electron chi connectivity index (χ4n) is 2.09. The topological polar surface area (TPSA) is 54.7 Å². The molecule has 0 fully saturated rings. The number of hydrogen-bond donors (Lipinski definition) is 1. The van der Waals surface area contributed by atoms with Crippen LogP contribution in [0.2, 0.25) is 0 Å². The Kier molecular flexibility index (Phi) is 1.80. The Morgan fingerprint density at radius 3 is 2.89 bits per heavy atom. The molecule has 0 aliphatic rings. The number of para-hydroxylation sites is 2. The highest BCUT2D eigenvalue weighted by molar-refractivity contribution is 5.82. The molecule has 0 aliphatic heterocycles. The number of aromatic nitrogens is 3. The van der Waals surface area contributed by atoms with Gasteiger partial charge in [-0.1, -0.05) is 12.1 Å². The van der Waals surface area contributed by atoms with Gasteiger partial charge in [-0.25, -0.2) is 9.97 Å². The van der Waals surface area contributed by atoms with Gasteiger partial charge in [-0.05, 0) is 30.3 Å². The van der Waals surface area contributed by atoms with Crippen molar-refractivity contribution < 1.29 is 4.42 Å². The van der Waals surface area contributed by atoms with Gasteiger partial charge in [0, 0.05) is 5.56 Å². The molecule has 2 aromatic carbocycles. The van der Waals surface area contributed by atoms with E-state index in [0.717, 1.165) is 33.5 Å². The van der Waals surface area contributed by atoms with Gasteiger partial charge in [-0.2, -0.15) is 0 Å². The number of rotatable bonds is 1. The summed E-state index contributed by atoms with van der Waals surface area (Å²) < 4.78 is 5.23. The smallest absolute Gasteiger partial charge is 0.181 e. The number of fused-ring (bicyclic) bond motifs is 2. The Bertz CT molecular complexity index is 811. The normalized spacial score (nSPS) is 11.3. The molecular formula is C14H9N3O. The van der Waals surface area contributed by atoms with Crippen LogP contribution in [0.15, 0.2) is 53.3 Å². The van der Waals surface area contributed by atoms with Crippen molar-refractivity contribution in [3.05, 3.63) is 48.9 Å². The first-order valence-electron chi connectivity index (χ1n) is 5.68.